The minimum Gasteiger partial charge on any atom is -2.00 e. The Morgan fingerprint density at radius 3 is 0.231 bits per heavy atom. The smallest absolute Gasteiger partial charge is 2.00 e. The van der Waals surface area contributed by atoms with E-state index in [2.05, 4.69) is 0 Å². The molecule has 0 aromatic heterocycles. The first-order valence-electron chi connectivity index (χ1n) is 0. The van der Waals surface area contributed by atoms with Crippen LogP contribution in [-0.4, -0.2) is 0 Å². The number of hydrogen-bond donors (Lipinski definition) is 0. The normalized spacial score (nSPS) is 0. The molecule has 0 aliphatic heterocycles. The van der Waals surface area contributed by atoms with Gasteiger partial charge < -0.3 is 49.3 Å². The minimum absolute atomic E-state index is 0. The molecule has 13 heavy (non-hydrogen) atoms. The summed E-state index contributed by atoms with van der Waals surface area (Å²) in [5.41, 5.74) is 0. The van der Waals surface area contributed by atoms with E-state index in [1.165, 1.54) is 0 Å². The Hall–Kier alpha value is 2.58. The molecule has 0 aliphatic rings. The molecule has 0 aromatic carbocycles. The van der Waals surface area contributed by atoms with Gasteiger partial charge in [0.15, 0.2) is 0 Å². The summed E-state index contributed by atoms with van der Waals surface area (Å²) in [6.07, 6.45) is 0. The fourth-order valence-electron chi connectivity index (χ4n) is 0. The van der Waals surface area contributed by atoms with Crippen molar-refractivity contribution >= 4 is 0 Å². The predicted molar refractivity (Wildman–Crippen MR) is 6.18 cm³/mol. The van der Waals surface area contributed by atoms with Gasteiger partial charge >= 0.3 is 89.5 Å². The average molecular weight is 428 g/mol. The maximum absolute atomic E-state index is 0. The van der Waals surface area contributed by atoms with Crippen molar-refractivity contribution in [1.82, 2.24) is 0 Å². The van der Waals surface area contributed by atoms with Crippen LogP contribution in [-0.2, 0) is 139 Å². The second-order valence-electron chi connectivity index (χ2n) is 0. The van der Waals surface area contributed by atoms with Crippen molar-refractivity contribution in [3.05, 3.63) is 0 Å². The van der Waals surface area contributed by atoms with Crippen molar-refractivity contribution in [3.63, 3.8) is 0 Å². The first kappa shape index (κ1) is 499. The molecule has 0 amide bonds. The molecule has 9 nitrogen and oxygen atoms in total. The molecule has 0 fully saturated rings. The van der Waals surface area contributed by atoms with E-state index in [0.717, 1.165) is 0 Å². The number of hydrogen-bond acceptors (Lipinski definition) is 0. The first-order valence-corrected chi connectivity index (χ1v) is 0. The zero-order chi connectivity index (χ0) is 0. The monoisotopic (exact) mass is 426 g/mol. The molecule has 0 saturated carbocycles. The standard InChI is InChI=1S/9O.2V.2Zr/q9*-2;2*+5;2*+4. The van der Waals surface area contributed by atoms with Crippen molar-refractivity contribution in [2.75, 3.05) is 0 Å². The zero-order valence-electron chi connectivity index (χ0n) is 5.57. The second kappa shape index (κ2) is 405. The Morgan fingerprint density at radius 2 is 0.231 bits per heavy atom. The van der Waals surface area contributed by atoms with Gasteiger partial charge in [-0.3, -0.25) is 0 Å². The molecule has 0 heterocycles. The Morgan fingerprint density at radius 1 is 0.231 bits per heavy atom. The van der Waals surface area contributed by atoms with E-state index in [1.54, 1.807) is 0 Å². The summed E-state index contributed by atoms with van der Waals surface area (Å²) in [7, 11) is 0. The molecular formula is O9V2Zr2. The molecule has 0 rings (SSSR count). The van der Waals surface area contributed by atoms with Crippen molar-refractivity contribution in [1.29, 1.82) is 0 Å². The summed E-state index contributed by atoms with van der Waals surface area (Å²) in [5.74, 6) is 0. The van der Waals surface area contributed by atoms with E-state index in [4.69, 9.17) is 0 Å². The Kier molecular flexibility index (Phi) is 15500. The van der Waals surface area contributed by atoms with Crippen LogP contribution in [0.3, 0.4) is 0 Å². The summed E-state index contributed by atoms with van der Waals surface area (Å²) in [4.78, 5) is 0. The van der Waals surface area contributed by atoms with E-state index in [0.29, 0.717) is 0 Å². The molecule has 0 radical (unpaired) electrons. The van der Waals surface area contributed by atoms with Gasteiger partial charge in [-0.05, 0) is 0 Å². The van der Waals surface area contributed by atoms with Gasteiger partial charge in [-0.15, -0.1) is 0 Å². The van der Waals surface area contributed by atoms with E-state index in [-0.39, 0.29) is 139 Å². The van der Waals surface area contributed by atoms with Crippen LogP contribution in [0.5, 0.6) is 0 Å². The summed E-state index contributed by atoms with van der Waals surface area (Å²) in [6.45, 7) is 0. The van der Waals surface area contributed by atoms with E-state index < -0.39 is 0 Å². The molecule has 0 unspecified atom stereocenters. The van der Waals surface area contributed by atoms with Gasteiger partial charge in [-0.25, -0.2) is 0 Å². The van der Waals surface area contributed by atoms with Crippen LogP contribution < -0.4 is 0 Å². The van der Waals surface area contributed by atoms with Crippen LogP contribution in [0.1, 0.15) is 0 Å². The fraction of sp³-hybridized carbons (Fsp3) is 0. The van der Waals surface area contributed by atoms with Gasteiger partial charge in [0.1, 0.15) is 0 Å². The molecule has 0 aliphatic carbocycles. The van der Waals surface area contributed by atoms with Gasteiger partial charge in [-0.2, -0.15) is 0 Å². The van der Waals surface area contributed by atoms with Crippen LogP contribution >= 0.6 is 0 Å². The van der Waals surface area contributed by atoms with Crippen molar-refractivity contribution in [2.24, 2.45) is 0 Å². The third kappa shape index (κ3) is 348. The van der Waals surface area contributed by atoms with Crippen LogP contribution in [0.4, 0.5) is 0 Å². The van der Waals surface area contributed by atoms with Crippen LogP contribution in [0.25, 0.3) is 0 Å². The van der Waals surface area contributed by atoms with Crippen LogP contribution in [0.15, 0.2) is 0 Å². The summed E-state index contributed by atoms with van der Waals surface area (Å²) in [6, 6.07) is 0. The predicted octanol–water partition coefficient (Wildman–Crippen LogP) is -1.08. The Bertz CT molecular complexity index is 15.6. The number of rotatable bonds is 0. The zero-order valence-corrected chi connectivity index (χ0v) is 13.3. The van der Waals surface area contributed by atoms with Gasteiger partial charge in [0, 0.05) is 0 Å². The maximum atomic E-state index is 0. The summed E-state index contributed by atoms with van der Waals surface area (Å²) in [5, 5.41) is 0. The molecule has 0 atom stereocenters. The molecule has 0 bridgehead atoms. The van der Waals surface area contributed by atoms with Gasteiger partial charge in [-0.1, -0.05) is 0 Å². The molecule has 0 saturated heterocycles. The Balaban J connectivity index is 0. The molecule has 0 aromatic rings. The van der Waals surface area contributed by atoms with E-state index in [1.807, 2.05) is 0 Å². The quantitative estimate of drug-likeness (QED) is 0.446. The molecule has 72 valence electrons. The SMILES string of the molecule is [O-2].[O-2].[O-2].[O-2].[O-2].[O-2].[O-2].[O-2].[O-2].[V+5].[V+5].[Zr+4].[Zr+4]. The minimum atomic E-state index is 0. The second-order valence-corrected chi connectivity index (χ2v) is 0. The average Bonchev–Trinajstić information content (AvgIpc) is 0. The first-order chi connectivity index (χ1) is 0. The molecule has 0 spiro atoms. The van der Waals surface area contributed by atoms with Crippen molar-refractivity contribution < 1.29 is 139 Å². The van der Waals surface area contributed by atoms with E-state index in [9.17, 15) is 0 Å². The maximum Gasteiger partial charge on any atom is 5.00 e. The third-order valence-corrected chi connectivity index (χ3v) is 0. The molecule has 0 N–H and O–H groups in total. The fourth-order valence-corrected chi connectivity index (χ4v) is 0. The van der Waals surface area contributed by atoms with Gasteiger partial charge in [0.05, 0.1) is 0 Å². The van der Waals surface area contributed by atoms with E-state index >= 15 is 0 Å². The van der Waals surface area contributed by atoms with Crippen LogP contribution in [0.2, 0.25) is 0 Å². The Labute approximate surface area is 137 Å². The third-order valence-electron chi connectivity index (χ3n) is 0. The van der Waals surface area contributed by atoms with Gasteiger partial charge in [0.2, 0.25) is 0 Å². The topological polar surface area (TPSA) is 256 Å². The van der Waals surface area contributed by atoms with Crippen LogP contribution in [0, 0.1) is 0 Å². The molecular weight excluding hydrogens is 428 g/mol. The summed E-state index contributed by atoms with van der Waals surface area (Å²) < 4.78 is 0. The van der Waals surface area contributed by atoms with Crippen molar-refractivity contribution in [2.45, 2.75) is 0 Å². The van der Waals surface area contributed by atoms with Gasteiger partial charge in [0.25, 0.3) is 0 Å². The van der Waals surface area contributed by atoms with Crippen molar-refractivity contribution in [3.8, 4) is 0 Å². The summed E-state index contributed by atoms with van der Waals surface area (Å²) >= 11 is 0. The molecule has 13 heteroatoms. The largest absolute Gasteiger partial charge is 5.00 e.